The summed E-state index contributed by atoms with van der Waals surface area (Å²) < 4.78 is 50.6. The summed E-state index contributed by atoms with van der Waals surface area (Å²) in [6, 6.07) is 3.82. The van der Waals surface area contributed by atoms with Gasteiger partial charge in [-0.1, -0.05) is 11.8 Å². The summed E-state index contributed by atoms with van der Waals surface area (Å²) in [5.41, 5.74) is 0.0997. The van der Waals surface area contributed by atoms with Crippen molar-refractivity contribution in [1.29, 1.82) is 0 Å². The second-order valence-corrected chi connectivity index (χ2v) is 10.1. The first-order valence-corrected chi connectivity index (χ1v) is 12.7. The van der Waals surface area contributed by atoms with Crippen LogP contribution in [0.25, 0.3) is 11.5 Å². The number of esters is 1. The van der Waals surface area contributed by atoms with E-state index in [-0.39, 0.29) is 28.5 Å². The lowest BCUT2D eigenvalue weighted by Gasteiger charge is -2.14. The number of hydrogen-bond donors (Lipinski definition) is 1. The number of carbonyl (C=O) groups is 2. The molecule has 0 saturated heterocycles. The van der Waals surface area contributed by atoms with Crippen LogP contribution in [0.1, 0.15) is 53.2 Å². The van der Waals surface area contributed by atoms with Crippen LogP contribution in [0.3, 0.4) is 0 Å². The van der Waals surface area contributed by atoms with Crippen molar-refractivity contribution in [1.82, 2.24) is 9.97 Å². The van der Waals surface area contributed by atoms with Gasteiger partial charge in [0.25, 0.3) is 0 Å². The number of anilines is 1. The van der Waals surface area contributed by atoms with Gasteiger partial charge in [-0.15, -0.1) is 11.3 Å². The van der Waals surface area contributed by atoms with Gasteiger partial charge < -0.3 is 14.5 Å². The zero-order valence-corrected chi connectivity index (χ0v) is 20.5. The van der Waals surface area contributed by atoms with E-state index in [0.717, 1.165) is 54.0 Å². The van der Waals surface area contributed by atoms with E-state index in [1.165, 1.54) is 29.7 Å². The number of carbonyl (C=O) groups excluding carboxylic acids is 2. The summed E-state index contributed by atoms with van der Waals surface area (Å²) in [5.74, 6) is -1.08. The first kappa shape index (κ1) is 25.2. The Morgan fingerprint density at radius 2 is 2.03 bits per heavy atom. The van der Waals surface area contributed by atoms with Crippen molar-refractivity contribution >= 4 is 40.0 Å². The van der Waals surface area contributed by atoms with Gasteiger partial charge in [-0.25, -0.2) is 14.8 Å². The van der Waals surface area contributed by atoms with Gasteiger partial charge in [0.2, 0.25) is 5.91 Å². The summed E-state index contributed by atoms with van der Waals surface area (Å²) >= 11 is 2.10. The van der Waals surface area contributed by atoms with Gasteiger partial charge in [0, 0.05) is 4.88 Å². The van der Waals surface area contributed by atoms with Crippen molar-refractivity contribution in [2.45, 2.75) is 57.0 Å². The molecule has 0 bridgehead atoms. The molecule has 0 fully saturated rings. The van der Waals surface area contributed by atoms with Crippen LogP contribution < -0.4 is 5.32 Å². The van der Waals surface area contributed by atoms with E-state index in [9.17, 15) is 22.8 Å². The maximum atomic E-state index is 13.3. The van der Waals surface area contributed by atoms with Crippen molar-refractivity contribution in [3.8, 4) is 11.5 Å². The van der Waals surface area contributed by atoms with Gasteiger partial charge >= 0.3 is 12.1 Å². The number of fused-ring (bicyclic) bond motifs is 1. The van der Waals surface area contributed by atoms with Crippen LogP contribution in [0.15, 0.2) is 34.0 Å². The molecule has 3 aromatic rings. The Kier molecular flexibility index (Phi) is 7.50. The van der Waals surface area contributed by atoms with E-state index in [0.29, 0.717) is 10.6 Å². The van der Waals surface area contributed by atoms with Crippen molar-refractivity contribution in [3.63, 3.8) is 0 Å². The van der Waals surface area contributed by atoms with Crippen LogP contribution in [0, 0.1) is 0 Å². The lowest BCUT2D eigenvalue weighted by molar-refractivity contribution is -0.141. The number of rotatable bonds is 7. The molecule has 1 aliphatic carbocycles. The molecule has 0 aromatic carbocycles. The van der Waals surface area contributed by atoms with Crippen LogP contribution in [0.4, 0.5) is 18.2 Å². The highest BCUT2D eigenvalue weighted by molar-refractivity contribution is 7.99. The minimum Gasteiger partial charge on any atom is -0.463 e. The molecule has 0 aliphatic heterocycles. The maximum Gasteiger partial charge on any atom is 0.433 e. The fourth-order valence-corrected chi connectivity index (χ4v) is 5.57. The number of furan rings is 1. The molecule has 0 radical (unpaired) electrons. The van der Waals surface area contributed by atoms with Gasteiger partial charge in [-0.05, 0) is 63.3 Å². The maximum absolute atomic E-state index is 13.3. The molecular weight excluding hydrogens is 503 g/mol. The van der Waals surface area contributed by atoms with Gasteiger partial charge in [-0.2, -0.15) is 13.2 Å². The van der Waals surface area contributed by atoms with E-state index in [2.05, 4.69) is 15.3 Å². The Morgan fingerprint density at radius 1 is 1.26 bits per heavy atom. The third-order valence-corrected chi connectivity index (χ3v) is 7.13. The minimum atomic E-state index is -4.69. The Balaban J connectivity index is 1.52. The van der Waals surface area contributed by atoms with Gasteiger partial charge in [0.1, 0.15) is 16.4 Å². The molecule has 1 amide bonds. The number of hydrogen-bond acceptors (Lipinski definition) is 8. The quantitative estimate of drug-likeness (QED) is 0.230. The normalized spacial score (nSPS) is 13.5. The molecule has 0 spiro atoms. The summed E-state index contributed by atoms with van der Waals surface area (Å²) in [6.07, 6.45) is -0.188. The molecule has 0 atom stereocenters. The lowest BCUT2D eigenvalue weighted by atomic mass is 9.95. The van der Waals surface area contributed by atoms with E-state index >= 15 is 0 Å². The average Bonchev–Trinajstić information content (AvgIpc) is 3.44. The van der Waals surface area contributed by atoms with E-state index in [1.54, 1.807) is 13.8 Å². The van der Waals surface area contributed by atoms with Crippen molar-refractivity contribution in [2.75, 3.05) is 11.1 Å². The molecule has 0 saturated carbocycles. The Labute approximate surface area is 207 Å². The van der Waals surface area contributed by atoms with Crippen LogP contribution >= 0.6 is 23.1 Å². The van der Waals surface area contributed by atoms with Crippen LogP contribution in [-0.2, 0) is 28.5 Å². The third-order valence-electron chi connectivity index (χ3n) is 5.07. The van der Waals surface area contributed by atoms with Gasteiger partial charge in [-0.3, -0.25) is 4.79 Å². The molecule has 1 N–H and O–H groups in total. The van der Waals surface area contributed by atoms with Gasteiger partial charge in [0.05, 0.1) is 23.7 Å². The highest BCUT2D eigenvalue weighted by atomic mass is 32.2. The second kappa shape index (κ2) is 10.4. The Morgan fingerprint density at radius 3 is 2.71 bits per heavy atom. The van der Waals surface area contributed by atoms with Crippen LogP contribution in [0.5, 0.6) is 0 Å². The van der Waals surface area contributed by atoms with Crippen molar-refractivity contribution in [2.24, 2.45) is 0 Å². The van der Waals surface area contributed by atoms with E-state index in [4.69, 9.17) is 9.15 Å². The summed E-state index contributed by atoms with van der Waals surface area (Å²) in [4.78, 5) is 34.2. The number of aryl methyl sites for hydroxylation is 1. The van der Waals surface area contributed by atoms with Crippen molar-refractivity contribution in [3.05, 3.63) is 46.2 Å². The molecule has 12 heteroatoms. The molecule has 35 heavy (non-hydrogen) atoms. The van der Waals surface area contributed by atoms with E-state index in [1.807, 2.05) is 0 Å². The van der Waals surface area contributed by atoms with Crippen LogP contribution in [-0.4, -0.2) is 33.7 Å². The average molecular weight is 526 g/mol. The fourth-order valence-electron chi connectivity index (χ4n) is 3.62. The van der Waals surface area contributed by atoms with Gasteiger partial charge in [0.15, 0.2) is 10.9 Å². The predicted octanol–water partition coefficient (Wildman–Crippen LogP) is 5.99. The first-order valence-electron chi connectivity index (χ1n) is 10.9. The SMILES string of the molecule is CC(C)OC(=O)c1c(NC(=O)CSc2nc(-c3ccco3)cc(C(F)(F)F)n2)sc2c1CCCC2. The summed E-state index contributed by atoms with van der Waals surface area (Å²) in [6.45, 7) is 3.50. The second-order valence-electron chi connectivity index (χ2n) is 8.10. The third kappa shape index (κ3) is 6.04. The van der Waals surface area contributed by atoms with Crippen molar-refractivity contribution < 1.29 is 31.9 Å². The highest BCUT2D eigenvalue weighted by Gasteiger charge is 2.34. The standard InChI is InChI=1S/C23H22F3N3O4S2/c1-12(2)33-21(31)19-13-6-3-4-8-16(13)35-20(19)29-18(30)11-34-22-27-14(15-7-5-9-32-15)10-17(28-22)23(24,25)26/h5,7,9-10,12H,3-4,6,8,11H2,1-2H3,(H,29,30). The number of ether oxygens (including phenoxy) is 1. The zero-order valence-electron chi connectivity index (χ0n) is 18.9. The minimum absolute atomic E-state index is 0.0371. The number of halogens is 3. The smallest absolute Gasteiger partial charge is 0.433 e. The Hall–Kier alpha value is -2.86. The van der Waals surface area contributed by atoms with E-state index < -0.39 is 23.7 Å². The summed E-state index contributed by atoms with van der Waals surface area (Å²) in [7, 11) is 0. The zero-order chi connectivity index (χ0) is 25.2. The predicted molar refractivity (Wildman–Crippen MR) is 126 cm³/mol. The molecule has 7 nitrogen and oxygen atoms in total. The highest BCUT2D eigenvalue weighted by Crippen LogP contribution is 2.39. The number of nitrogens with zero attached hydrogens (tertiary/aromatic N) is 2. The molecule has 3 heterocycles. The monoisotopic (exact) mass is 525 g/mol. The molecule has 4 rings (SSSR count). The number of alkyl halides is 3. The largest absolute Gasteiger partial charge is 0.463 e. The first-order chi connectivity index (χ1) is 16.6. The number of nitrogens with one attached hydrogen (secondary N) is 1. The van der Waals surface area contributed by atoms with Crippen LogP contribution in [0.2, 0.25) is 0 Å². The molecule has 3 aromatic heterocycles. The fraction of sp³-hybridized carbons (Fsp3) is 0.391. The lowest BCUT2D eigenvalue weighted by Crippen LogP contribution is -2.19. The topological polar surface area (TPSA) is 94.3 Å². The number of aromatic nitrogens is 2. The molecule has 1 aliphatic rings. The molecule has 186 valence electrons. The number of thioether (sulfide) groups is 1. The molecule has 0 unspecified atom stereocenters. The Bertz CT molecular complexity index is 1220. The molecular formula is C23H22F3N3O4S2. The summed E-state index contributed by atoms with van der Waals surface area (Å²) in [5, 5.41) is 2.92. The number of amides is 1. The number of thiophene rings is 1.